The zero-order chi connectivity index (χ0) is 20.3. The zero-order valence-corrected chi connectivity index (χ0v) is 16.0. The number of amides is 1. The second-order valence-electron chi connectivity index (χ2n) is 6.58. The maximum atomic E-state index is 12.8. The third-order valence-corrected chi connectivity index (χ3v) is 5.01. The molecule has 1 N–H and O–H groups in total. The summed E-state index contributed by atoms with van der Waals surface area (Å²) in [6.45, 7) is 4.00. The predicted molar refractivity (Wildman–Crippen MR) is 103 cm³/mol. The highest BCUT2D eigenvalue weighted by Crippen LogP contribution is 2.33. The minimum Gasteiger partial charge on any atom is -0.353 e. The van der Waals surface area contributed by atoms with Crippen molar-refractivity contribution in [2.75, 3.05) is 36.4 Å². The van der Waals surface area contributed by atoms with Crippen LogP contribution in [0.25, 0.3) is 0 Å². The molecule has 1 fully saturated rings. The van der Waals surface area contributed by atoms with Crippen molar-refractivity contribution in [3.63, 3.8) is 0 Å². The lowest BCUT2D eigenvalue weighted by Gasteiger charge is -2.38. The summed E-state index contributed by atoms with van der Waals surface area (Å²) in [6.07, 6.45) is -3.68. The topological polar surface area (TPSA) is 48.5 Å². The number of para-hydroxylation sites is 1. The smallest absolute Gasteiger partial charge is 0.353 e. The first-order chi connectivity index (χ1) is 13.3. The van der Waals surface area contributed by atoms with Crippen molar-refractivity contribution >= 4 is 29.0 Å². The van der Waals surface area contributed by atoms with Gasteiger partial charge in [-0.2, -0.15) is 13.2 Å². The quantitative estimate of drug-likeness (QED) is 0.827. The molecule has 0 saturated carbocycles. The Kier molecular flexibility index (Phi) is 6.10. The van der Waals surface area contributed by atoms with E-state index in [0.717, 1.165) is 18.0 Å². The molecule has 1 aromatic heterocycles. The number of nitrogens with one attached hydrogen (secondary N) is 1. The fraction of sp³-hybridized carbons (Fsp3) is 0.368. The van der Waals surface area contributed by atoms with Gasteiger partial charge < -0.3 is 10.2 Å². The highest BCUT2D eigenvalue weighted by Gasteiger charge is 2.33. The van der Waals surface area contributed by atoms with Crippen molar-refractivity contribution in [2.24, 2.45) is 0 Å². The molecule has 5 nitrogen and oxygen atoms in total. The standard InChI is InChI=1S/C19H20ClF3N4O/c1-13(18(28)25-15-5-3-2-4-6-15)26-7-9-27(10-8-26)17-16(20)11-14(12-24-17)19(21,22)23/h2-6,11-13H,7-10H2,1H3,(H,25,28). The van der Waals surface area contributed by atoms with Gasteiger partial charge in [-0.15, -0.1) is 0 Å². The number of benzene rings is 1. The zero-order valence-electron chi connectivity index (χ0n) is 15.2. The Balaban J connectivity index is 1.59. The van der Waals surface area contributed by atoms with Crippen molar-refractivity contribution < 1.29 is 18.0 Å². The Hall–Kier alpha value is -2.32. The first kappa shape index (κ1) is 20.4. The van der Waals surface area contributed by atoms with Crippen LogP contribution in [-0.4, -0.2) is 48.0 Å². The van der Waals surface area contributed by atoms with E-state index in [0.29, 0.717) is 32.0 Å². The molecule has 1 aromatic carbocycles. The number of hydrogen-bond donors (Lipinski definition) is 1. The molecule has 1 amide bonds. The molecule has 150 valence electrons. The summed E-state index contributed by atoms with van der Waals surface area (Å²) in [5.41, 5.74) is -0.134. The van der Waals surface area contributed by atoms with Gasteiger partial charge in [-0.05, 0) is 25.1 Å². The number of nitrogens with zero attached hydrogens (tertiary/aromatic N) is 3. The molecule has 0 radical (unpaired) electrons. The summed E-state index contributed by atoms with van der Waals surface area (Å²) in [7, 11) is 0. The molecular formula is C19H20ClF3N4O. The number of carbonyl (C=O) groups is 1. The molecule has 9 heteroatoms. The van der Waals surface area contributed by atoms with Gasteiger partial charge in [-0.1, -0.05) is 29.8 Å². The Bertz CT molecular complexity index is 824. The monoisotopic (exact) mass is 412 g/mol. The van der Waals surface area contributed by atoms with Gasteiger partial charge in [-0.25, -0.2) is 4.98 Å². The van der Waals surface area contributed by atoms with Crippen molar-refractivity contribution in [3.05, 3.63) is 53.2 Å². The molecular weight excluding hydrogens is 393 g/mol. The van der Waals surface area contributed by atoms with Crippen LogP contribution in [0.1, 0.15) is 12.5 Å². The molecule has 1 aliphatic rings. The van der Waals surface area contributed by atoms with Crippen LogP contribution < -0.4 is 10.2 Å². The van der Waals surface area contributed by atoms with Gasteiger partial charge >= 0.3 is 6.18 Å². The van der Waals surface area contributed by atoms with E-state index in [-0.39, 0.29) is 17.0 Å². The van der Waals surface area contributed by atoms with Gasteiger partial charge in [0.25, 0.3) is 0 Å². The Morgan fingerprint density at radius 2 is 1.82 bits per heavy atom. The summed E-state index contributed by atoms with van der Waals surface area (Å²) in [5, 5.41) is 2.85. The second-order valence-corrected chi connectivity index (χ2v) is 6.99. The Labute approximate surface area is 166 Å². The first-order valence-corrected chi connectivity index (χ1v) is 9.21. The van der Waals surface area contributed by atoms with Crippen LogP contribution >= 0.6 is 11.6 Å². The fourth-order valence-electron chi connectivity index (χ4n) is 3.07. The third-order valence-electron chi connectivity index (χ3n) is 4.73. The minimum atomic E-state index is -4.48. The van der Waals surface area contributed by atoms with Crippen LogP contribution in [0.3, 0.4) is 0 Å². The molecule has 1 atom stereocenters. The van der Waals surface area contributed by atoms with E-state index in [9.17, 15) is 18.0 Å². The molecule has 2 aromatic rings. The van der Waals surface area contributed by atoms with Gasteiger partial charge in [0, 0.05) is 38.1 Å². The number of pyridine rings is 1. The van der Waals surface area contributed by atoms with Crippen molar-refractivity contribution in [3.8, 4) is 0 Å². The van der Waals surface area contributed by atoms with E-state index in [2.05, 4.69) is 10.3 Å². The number of halogens is 4. The van der Waals surface area contributed by atoms with E-state index in [1.165, 1.54) is 0 Å². The van der Waals surface area contributed by atoms with E-state index in [4.69, 9.17) is 11.6 Å². The van der Waals surface area contributed by atoms with Crippen molar-refractivity contribution in [1.82, 2.24) is 9.88 Å². The molecule has 28 heavy (non-hydrogen) atoms. The van der Waals surface area contributed by atoms with E-state index in [1.54, 1.807) is 0 Å². The average molecular weight is 413 g/mol. The maximum absolute atomic E-state index is 12.8. The summed E-state index contributed by atoms with van der Waals surface area (Å²) in [6, 6.07) is 9.77. The normalized spacial score (nSPS) is 16.7. The van der Waals surface area contributed by atoms with Gasteiger partial charge in [0.1, 0.15) is 5.82 Å². The number of anilines is 2. The lowest BCUT2D eigenvalue weighted by atomic mass is 10.2. The van der Waals surface area contributed by atoms with E-state index >= 15 is 0 Å². The van der Waals surface area contributed by atoms with Crippen LogP contribution in [0.2, 0.25) is 5.02 Å². The summed E-state index contributed by atoms with van der Waals surface area (Å²) in [4.78, 5) is 20.2. The number of piperazine rings is 1. The number of rotatable bonds is 4. The largest absolute Gasteiger partial charge is 0.417 e. The third kappa shape index (κ3) is 4.74. The SMILES string of the molecule is CC(C(=O)Nc1ccccc1)N1CCN(c2ncc(C(F)(F)F)cc2Cl)CC1. The number of alkyl halides is 3. The van der Waals surface area contributed by atoms with E-state index < -0.39 is 11.7 Å². The highest BCUT2D eigenvalue weighted by atomic mass is 35.5. The average Bonchev–Trinajstić information content (AvgIpc) is 2.67. The predicted octanol–water partition coefficient (Wildman–Crippen LogP) is 3.90. The van der Waals surface area contributed by atoms with Gasteiger partial charge in [-0.3, -0.25) is 9.69 Å². The molecule has 2 heterocycles. The van der Waals surface area contributed by atoms with Gasteiger partial charge in [0.15, 0.2) is 0 Å². The number of carbonyl (C=O) groups excluding carboxylic acids is 1. The Morgan fingerprint density at radius 3 is 2.39 bits per heavy atom. The molecule has 1 unspecified atom stereocenters. The Morgan fingerprint density at radius 1 is 1.18 bits per heavy atom. The molecule has 0 bridgehead atoms. The molecule has 3 rings (SSSR count). The van der Waals surface area contributed by atoms with Crippen molar-refractivity contribution in [2.45, 2.75) is 19.1 Å². The summed E-state index contributed by atoms with van der Waals surface area (Å²) < 4.78 is 38.3. The summed E-state index contributed by atoms with van der Waals surface area (Å²) >= 11 is 6.03. The highest BCUT2D eigenvalue weighted by molar-refractivity contribution is 6.33. The molecule has 0 aliphatic carbocycles. The van der Waals surface area contributed by atoms with Gasteiger partial charge in [0.05, 0.1) is 16.6 Å². The lowest BCUT2D eigenvalue weighted by Crippen LogP contribution is -2.53. The second kappa shape index (κ2) is 8.36. The van der Waals surface area contributed by atoms with Crippen LogP contribution in [0.4, 0.5) is 24.7 Å². The molecule has 1 saturated heterocycles. The number of hydrogen-bond acceptors (Lipinski definition) is 4. The maximum Gasteiger partial charge on any atom is 0.417 e. The van der Waals surface area contributed by atoms with E-state index in [1.807, 2.05) is 47.1 Å². The molecule has 1 aliphatic heterocycles. The van der Waals surface area contributed by atoms with Crippen LogP contribution in [0.5, 0.6) is 0 Å². The van der Waals surface area contributed by atoms with Crippen LogP contribution in [0, 0.1) is 0 Å². The lowest BCUT2D eigenvalue weighted by molar-refractivity contribution is -0.137. The molecule has 0 spiro atoms. The van der Waals surface area contributed by atoms with Crippen molar-refractivity contribution in [1.29, 1.82) is 0 Å². The fourth-order valence-corrected chi connectivity index (χ4v) is 3.36. The van der Waals surface area contributed by atoms with Crippen LogP contribution in [0.15, 0.2) is 42.6 Å². The summed E-state index contributed by atoms with van der Waals surface area (Å²) in [5.74, 6) is 0.223. The van der Waals surface area contributed by atoms with Crippen LogP contribution in [-0.2, 0) is 11.0 Å². The number of aromatic nitrogens is 1. The van der Waals surface area contributed by atoms with Gasteiger partial charge in [0.2, 0.25) is 5.91 Å². The first-order valence-electron chi connectivity index (χ1n) is 8.83. The minimum absolute atomic E-state index is 0.0295.